The fraction of sp³-hybridized carbons (Fsp3) is 0.333. The number of nitrogens with one attached hydrogen (secondary N) is 1. The zero-order chi connectivity index (χ0) is 15.0. The molecule has 1 aliphatic heterocycles. The smallest absolute Gasteiger partial charge is 0.254 e. The highest BCUT2D eigenvalue weighted by Crippen LogP contribution is 2.40. The van der Waals surface area contributed by atoms with Gasteiger partial charge in [0.2, 0.25) is 0 Å². The van der Waals surface area contributed by atoms with Crippen LogP contribution in [0, 0.1) is 13.8 Å². The van der Waals surface area contributed by atoms with Gasteiger partial charge in [-0.3, -0.25) is 4.79 Å². The molecule has 2 aromatic rings. The van der Waals surface area contributed by atoms with Crippen molar-refractivity contribution in [1.29, 1.82) is 0 Å². The van der Waals surface area contributed by atoms with Crippen LogP contribution < -0.4 is 15.0 Å². The number of ether oxygens (including phenoxy) is 2. The lowest BCUT2D eigenvalue weighted by Gasteiger charge is -2.11. The summed E-state index contributed by atoms with van der Waals surface area (Å²) in [5, 5.41) is 0.449. The van der Waals surface area contributed by atoms with Crippen LogP contribution >= 0.6 is 11.6 Å². The first kappa shape index (κ1) is 13.9. The molecule has 0 radical (unpaired) electrons. The zero-order valence-corrected chi connectivity index (χ0v) is 12.6. The van der Waals surface area contributed by atoms with Crippen LogP contribution in [0.1, 0.15) is 17.7 Å². The third kappa shape index (κ3) is 2.61. The van der Waals surface area contributed by atoms with E-state index in [1.165, 1.54) is 0 Å². The quantitative estimate of drug-likeness (QED) is 0.880. The number of aromatic nitrogens is 2. The molecule has 0 atom stereocenters. The molecule has 3 rings (SSSR count). The van der Waals surface area contributed by atoms with Crippen LogP contribution in [0.5, 0.6) is 11.5 Å². The minimum atomic E-state index is -0.152. The Labute approximate surface area is 126 Å². The lowest BCUT2D eigenvalue weighted by atomic mass is 10.1. The molecule has 1 N–H and O–H groups in total. The maximum Gasteiger partial charge on any atom is 0.254 e. The molecule has 0 aliphatic carbocycles. The fourth-order valence-corrected chi connectivity index (χ4v) is 2.41. The highest BCUT2D eigenvalue weighted by Gasteiger charge is 2.17. The zero-order valence-electron chi connectivity index (χ0n) is 11.8. The standard InChI is InChI=1S/C15H15ClN2O3/c1-8-9(2)17-14(18-15(8)19)10-6-11(16)13-12(7-10)20-4-3-5-21-13/h6-7H,3-5H2,1-2H3,(H,17,18,19). The molecule has 1 aromatic heterocycles. The van der Waals surface area contributed by atoms with Crippen LogP contribution in [0.3, 0.4) is 0 Å². The molecule has 0 saturated heterocycles. The SMILES string of the molecule is Cc1nc(-c2cc(Cl)c3c(c2)OCCCO3)[nH]c(=O)c1C. The minimum absolute atomic E-state index is 0.152. The van der Waals surface area contributed by atoms with E-state index < -0.39 is 0 Å². The van der Waals surface area contributed by atoms with E-state index in [9.17, 15) is 4.79 Å². The summed E-state index contributed by atoms with van der Waals surface area (Å²) in [4.78, 5) is 19.0. The van der Waals surface area contributed by atoms with Crippen LogP contribution in [-0.2, 0) is 0 Å². The molecule has 2 heterocycles. The summed E-state index contributed by atoms with van der Waals surface area (Å²) in [5.41, 5.74) is 1.85. The number of rotatable bonds is 1. The predicted octanol–water partition coefficient (Wildman–Crippen LogP) is 2.87. The summed E-state index contributed by atoms with van der Waals surface area (Å²) in [6.45, 7) is 4.69. The number of aryl methyl sites for hydroxylation is 1. The van der Waals surface area contributed by atoms with Gasteiger partial charge in [0, 0.05) is 23.2 Å². The van der Waals surface area contributed by atoms with Gasteiger partial charge in [-0.05, 0) is 26.0 Å². The summed E-state index contributed by atoms with van der Waals surface area (Å²) in [5.74, 6) is 1.60. The van der Waals surface area contributed by atoms with Gasteiger partial charge < -0.3 is 14.5 Å². The van der Waals surface area contributed by atoms with Gasteiger partial charge >= 0.3 is 0 Å². The van der Waals surface area contributed by atoms with Crippen LogP contribution in [0.4, 0.5) is 0 Å². The maximum atomic E-state index is 11.9. The second kappa shape index (κ2) is 5.41. The lowest BCUT2D eigenvalue weighted by Crippen LogP contribution is -2.14. The fourth-order valence-electron chi connectivity index (χ4n) is 2.15. The Balaban J connectivity index is 2.14. The van der Waals surface area contributed by atoms with E-state index in [2.05, 4.69) is 9.97 Å². The molecule has 0 unspecified atom stereocenters. The van der Waals surface area contributed by atoms with E-state index in [4.69, 9.17) is 21.1 Å². The van der Waals surface area contributed by atoms with Crippen LogP contribution in [0.2, 0.25) is 5.02 Å². The van der Waals surface area contributed by atoms with Crippen LogP contribution in [-0.4, -0.2) is 23.2 Å². The summed E-state index contributed by atoms with van der Waals surface area (Å²) in [7, 11) is 0. The van der Waals surface area contributed by atoms with E-state index in [0.29, 0.717) is 52.4 Å². The van der Waals surface area contributed by atoms with Crippen molar-refractivity contribution < 1.29 is 9.47 Å². The Morgan fingerprint density at radius 3 is 2.76 bits per heavy atom. The molecule has 1 aromatic carbocycles. The predicted molar refractivity (Wildman–Crippen MR) is 80.4 cm³/mol. The highest BCUT2D eigenvalue weighted by molar-refractivity contribution is 6.32. The van der Waals surface area contributed by atoms with E-state index in [0.717, 1.165) is 6.42 Å². The second-order valence-corrected chi connectivity index (χ2v) is 5.37. The molecule has 0 saturated carbocycles. The molecule has 0 fully saturated rings. The molecular formula is C15H15ClN2O3. The number of hydrogen-bond acceptors (Lipinski definition) is 4. The Hall–Kier alpha value is -2.01. The van der Waals surface area contributed by atoms with Crippen molar-refractivity contribution in [2.75, 3.05) is 13.2 Å². The Morgan fingerprint density at radius 2 is 2.00 bits per heavy atom. The third-order valence-corrected chi connectivity index (χ3v) is 3.75. The Kier molecular flexibility index (Phi) is 3.59. The lowest BCUT2D eigenvalue weighted by molar-refractivity contribution is 0.297. The molecule has 5 nitrogen and oxygen atoms in total. The average Bonchev–Trinajstić information content (AvgIpc) is 2.69. The van der Waals surface area contributed by atoms with Crippen LogP contribution in [0.25, 0.3) is 11.4 Å². The second-order valence-electron chi connectivity index (χ2n) is 4.96. The summed E-state index contributed by atoms with van der Waals surface area (Å²) in [6.07, 6.45) is 0.805. The molecule has 0 amide bonds. The topological polar surface area (TPSA) is 64.2 Å². The minimum Gasteiger partial charge on any atom is -0.489 e. The number of halogens is 1. The van der Waals surface area contributed by atoms with Crippen molar-refractivity contribution in [3.63, 3.8) is 0 Å². The van der Waals surface area contributed by atoms with E-state index in [1.807, 2.05) is 0 Å². The number of aromatic amines is 1. The van der Waals surface area contributed by atoms with Crippen molar-refractivity contribution in [3.05, 3.63) is 38.8 Å². The third-order valence-electron chi connectivity index (χ3n) is 3.47. The van der Waals surface area contributed by atoms with Crippen molar-refractivity contribution in [2.24, 2.45) is 0 Å². The molecular weight excluding hydrogens is 292 g/mol. The molecule has 1 aliphatic rings. The maximum absolute atomic E-state index is 11.9. The first-order valence-electron chi connectivity index (χ1n) is 6.73. The number of fused-ring (bicyclic) bond motifs is 1. The summed E-state index contributed by atoms with van der Waals surface area (Å²) in [6, 6.07) is 3.52. The first-order chi connectivity index (χ1) is 10.1. The van der Waals surface area contributed by atoms with Crippen molar-refractivity contribution >= 4 is 11.6 Å². The first-order valence-corrected chi connectivity index (χ1v) is 7.11. The van der Waals surface area contributed by atoms with E-state index in [1.54, 1.807) is 26.0 Å². The van der Waals surface area contributed by atoms with Gasteiger partial charge in [0.15, 0.2) is 11.5 Å². The summed E-state index contributed by atoms with van der Waals surface area (Å²) < 4.78 is 11.2. The summed E-state index contributed by atoms with van der Waals surface area (Å²) >= 11 is 6.26. The van der Waals surface area contributed by atoms with Crippen molar-refractivity contribution in [1.82, 2.24) is 9.97 Å². The Morgan fingerprint density at radius 1 is 1.24 bits per heavy atom. The van der Waals surface area contributed by atoms with Crippen molar-refractivity contribution in [3.8, 4) is 22.9 Å². The van der Waals surface area contributed by atoms with Gasteiger partial charge in [-0.15, -0.1) is 0 Å². The monoisotopic (exact) mass is 306 g/mol. The highest BCUT2D eigenvalue weighted by atomic mass is 35.5. The molecule has 6 heteroatoms. The van der Waals surface area contributed by atoms with Crippen molar-refractivity contribution in [2.45, 2.75) is 20.3 Å². The van der Waals surface area contributed by atoms with Gasteiger partial charge in [-0.2, -0.15) is 0 Å². The van der Waals surface area contributed by atoms with Gasteiger partial charge in [-0.25, -0.2) is 4.98 Å². The van der Waals surface area contributed by atoms with Gasteiger partial charge in [0.1, 0.15) is 5.82 Å². The molecule has 0 bridgehead atoms. The van der Waals surface area contributed by atoms with Gasteiger partial charge in [-0.1, -0.05) is 11.6 Å². The molecule has 21 heavy (non-hydrogen) atoms. The number of H-pyrrole nitrogens is 1. The van der Waals surface area contributed by atoms with E-state index >= 15 is 0 Å². The van der Waals surface area contributed by atoms with E-state index in [-0.39, 0.29) is 5.56 Å². The number of benzene rings is 1. The van der Waals surface area contributed by atoms with Gasteiger partial charge in [0.25, 0.3) is 5.56 Å². The largest absolute Gasteiger partial charge is 0.489 e. The number of nitrogens with zero attached hydrogens (tertiary/aromatic N) is 1. The number of hydrogen-bond donors (Lipinski definition) is 1. The molecule has 0 spiro atoms. The average molecular weight is 307 g/mol. The van der Waals surface area contributed by atoms with Gasteiger partial charge in [0.05, 0.1) is 18.2 Å². The van der Waals surface area contributed by atoms with Crippen LogP contribution in [0.15, 0.2) is 16.9 Å². The molecule has 110 valence electrons. The normalized spacial score (nSPS) is 13.9. The Bertz CT molecular complexity index is 755.